The van der Waals surface area contributed by atoms with Crippen LogP contribution in [0.1, 0.15) is 28.5 Å². The summed E-state index contributed by atoms with van der Waals surface area (Å²) in [4.78, 5) is 1.35. The second-order valence-electron chi connectivity index (χ2n) is 4.85. The summed E-state index contributed by atoms with van der Waals surface area (Å²) in [7, 11) is 0. The first-order valence-corrected chi connectivity index (χ1v) is 7.85. The van der Waals surface area contributed by atoms with E-state index in [1.54, 1.807) is 11.3 Å². The average Bonchev–Trinajstić information content (AvgIpc) is 2.79. The van der Waals surface area contributed by atoms with Crippen LogP contribution in [0.25, 0.3) is 0 Å². The minimum atomic E-state index is -0.309. The molecule has 0 saturated heterocycles. The maximum Gasteiger partial charge on any atom is 0.0824 e. The van der Waals surface area contributed by atoms with E-state index in [9.17, 15) is 5.11 Å². The molecule has 0 spiro atoms. The molecule has 18 heavy (non-hydrogen) atoms. The summed E-state index contributed by atoms with van der Waals surface area (Å²) in [5.41, 5.74) is 2.44. The van der Waals surface area contributed by atoms with Crippen molar-refractivity contribution in [3.05, 3.63) is 56.2 Å². The van der Waals surface area contributed by atoms with Gasteiger partial charge in [-0.15, -0.1) is 11.3 Å². The fraction of sp³-hybridized carbons (Fsp3) is 0.333. The Balaban J connectivity index is 1.80. The van der Waals surface area contributed by atoms with Gasteiger partial charge in [0, 0.05) is 4.88 Å². The van der Waals surface area contributed by atoms with Crippen LogP contribution in [0, 0.1) is 5.92 Å². The number of rotatable bonds is 2. The molecule has 3 rings (SSSR count). The Kier molecular flexibility index (Phi) is 3.55. The third-order valence-corrected chi connectivity index (χ3v) is 5.34. The lowest BCUT2D eigenvalue weighted by Gasteiger charge is -2.29. The summed E-state index contributed by atoms with van der Waals surface area (Å²) in [6, 6.07) is 12.5. The predicted molar refractivity (Wildman–Crippen MR) is 78.9 cm³/mol. The number of hydrogen-bond donors (Lipinski definition) is 1. The molecular formula is C15H15BrOS. The van der Waals surface area contributed by atoms with Gasteiger partial charge in [-0.2, -0.15) is 0 Å². The van der Waals surface area contributed by atoms with Gasteiger partial charge in [-0.05, 0) is 64.4 Å². The molecular weight excluding hydrogens is 308 g/mol. The molecule has 1 aliphatic rings. The molecule has 1 heterocycles. The van der Waals surface area contributed by atoms with Crippen LogP contribution in [-0.4, -0.2) is 5.11 Å². The zero-order chi connectivity index (χ0) is 12.5. The van der Waals surface area contributed by atoms with Crippen LogP contribution in [0.2, 0.25) is 0 Å². The molecule has 0 amide bonds. The lowest BCUT2D eigenvalue weighted by Crippen LogP contribution is -2.22. The molecule has 1 aromatic heterocycles. The number of fused-ring (bicyclic) bond motifs is 1. The van der Waals surface area contributed by atoms with Gasteiger partial charge >= 0.3 is 0 Å². The van der Waals surface area contributed by atoms with E-state index in [1.807, 2.05) is 6.07 Å². The average molecular weight is 323 g/mol. The zero-order valence-electron chi connectivity index (χ0n) is 9.97. The molecule has 3 heteroatoms. The zero-order valence-corrected chi connectivity index (χ0v) is 12.4. The van der Waals surface area contributed by atoms with E-state index in [0.29, 0.717) is 5.92 Å². The smallest absolute Gasteiger partial charge is 0.0824 e. The summed E-state index contributed by atoms with van der Waals surface area (Å²) < 4.78 is 1.17. The van der Waals surface area contributed by atoms with Crippen molar-refractivity contribution in [2.45, 2.75) is 25.4 Å². The van der Waals surface area contributed by atoms with E-state index < -0.39 is 0 Å². The second-order valence-corrected chi connectivity index (χ2v) is 7.40. The Morgan fingerprint density at radius 1 is 1.22 bits per heavy atom. The molecule has 1 aromatic carbocycles. The first-order valence-electron chi connectivity index (χ1n) is 6.24. The van der Waals surface area contributed by atoms with E-state index in [-0.39, 0.29) is 6.10 Å². The van der Waals surface area contributed by atoms with Gasteiger partial charge in [0.15, 0.2) is 0 Å². The summed E-state index contributed by atoms with van der Waals surface area (Å²) in [6.07, 6.45) is 2.83. The Morgan fingerprint density at radius 2 is 2.06 bits per heavy atom. The Hall–Kier alpha value is -0.640. The molecule has 2 atom stereocenters. The Labute approximate surface area is 120 Å². The standard InChI is InChI=1S/C15H15BrOS/c16-14-8-7-12(18-14)9-11-6-5-10-3-1-2-4-13(10)15(11)17/h1-4,7-8,11,15,17H,5-6,9H2. The molecule has 0 saturated carbocycles. The maximum atomic E-state index is 10.5. The van der Waals surface area contributed by atoms with Crippen LogP contribution in [0.5, 0.6) is 0 Å². The molecule has 2 aromatic rings. The molecule has 0 radical (unpaired) electrons. The first kappa shape index (κ1) is 12.4. The lowest BCUT2D eigenvalue weighted by atomic mass is 9.80. The monoisotopic (exact) mass is 322 g/mol. The fourth-order valence-corrected chi connectivity index (χ4v) is 4.31. The molecule has 0 fully saturated rings. The van der Waals surface area contributed by atoms with Gasteiger partial charge in [-0.3, -0.25) is 0 Å². The van der Waals surface area contributed by atoms with Gasteiger partial charge in [-0.1, -0.05) is 24.3 Å². The van der Waals surface area contributed by atoms with E-state index in [0.717, 1.165) is 24.8 Å². The van der Waals surface area contributed by atoms with Crippen LogP contribution < -0.4 is 0 Å². The van der Waals surface area contributed by atoms with Gasteiger partial charge in [0.2, 0.25) is 0 Å². The number of benzene rings is 1. The minimum Gasteiger partial charge on any atom is -0.388 e. The van der Waals surface area contributed by atoms with Gasteiger partial charge < -0.3 is 5.11 Å². The number of thiophene rings is 1. The van der Waals surface area contributed by atoms with Crippen molar-refractivity contribution in [2.75, 3.05) is 0 Å². The summed E-state index contributed by atoms with van der Waals surface area (Å²) >= 11 is 5.26. The van der Waals surface area contributed by atoms with Gasteiger partial charge in [-0.25, -0.2) is 0 Å². The number of aliphatic hydroxyl groups excluding tert-OH is 1. The van der Waals surface area contributed by atoms with Crippen molar-refractivity contribution in [3.63, 3.8) is 0 Å². The lowest BCUT2D eigenvalue weighted by molar-refractivity contribution is 0.0941. The summed E-state index contributed by atoms with van der Waals surface area (Å²) in [6.45, 7) is 0. The second kappa shape index (κ2) is 5.16. The number of aliphatic hydroxyl groups is 1. The fourth-order valence-electron chi connectivity index (χ4n) is 2.74. The Bertz CT molecular complexity index is 549. The highest BCUT2D eigenvalue weighted by Gasteiger charge is 2.27. The highest BCUT2D eigenvalue weighted by Crippen LogP contribution is 2.37. The number of hydrogen-bond acceptors (Lipinski definition) is 2. The Morgan fingerprint density at radius 3 is 2.83 bits per heavy atom. The predicted octanol–water partition coefficient (Wildman–Crippen LogP) is 4.35. The minimum absolute atomic E-state index is 0.309. The van der Waals surface area contributed by atoms with Crippen LogP contribution in [-0.2, 0) is 12.8 Å². The number of aryl methyl sites for hydroxylation is 1. The SMILES string of the molecule is OC1c2ccccc2CCC1Cc1ccc(Br)s1. The van der Waals surface area contributed by atoms with E-state index >= 15 is 0 Å². The normalized spacial score (nSPS) is 22.8. The summed E-state index contributed by atoms with van der Waals surface area (Å²) in [5.74, 6) is 0.352. The topological polar surface area (TPSA) is 20.2 Å². The van der Waals surface area contributed by atoms with E-state index in [1.165, 1.54) is 14.2 Å². The first-order chi connectivity index (χ1) is 8.74. The molecule has 1 aliphatic carbocycles. The largest absolute Gasteiger partial charge is 0.388 e. The molecule has 1 N–H and O–H groups in total. The van der Waals surface area contributed by atoms with Crippen LogP contribution in [0.15, 0.2) is 40.2 Å². The molecule has 94 valence electrons. The van der Waals surface area contributed by atoms with Crippen molar-refractivity contribution < 1.29 is 5.11 Å². The van der Waals surface area contributed by atoms with Crippen LogP contribution in [0.3, 0.4) is 0 Å². The van der Waals surface area contributed by atoms with Crippen molar-refractivity contribution in [3.8, 4) is 0 Å². The highest BCUT2D eigenvalue weighted by atomic mass is 79.9. The molecule has 2 unspecified atom stereocenters. The van der Waals surface area contributed by atoms with E-state index in [2.05, 4.69) is 46.3 Å². The summed E-state index contributed by atoms with van der Waals surface area (Å²) in [5, 5.41) is 10.5. The van der Waals surface area contributed by atoms with Crippen molar-refractivity contribution >= 4 is 27.3 Å². The van der Waals surface area contributed by atoms with Crippen LogP contribution in [0.4, 0.5) is 0 Å². The molecule has 0 aliphatic heterocycles. The third-order valence-electron chi connectivity index (χ3n) is 3.70. The number of halogens is 1. The van der Waals surface area contributed by atoms with Crippen molar-refractivity contribution in [2.24, 2.45) is 5.92 Å². The van der Waals surface area contributed by atoms with Crippen LogP contribution >= 0.6 is 27.3 Å². The van der Waals surface area contributed by atoms with E-state index in [4.69, 9.17) is 0 Å². The molecule has 1 nitrogen and oxygen atoms in total. The van der Waals surface area contributed by atoms with Crippen molar-refractivity contribution in [1.82, 2.24) is 0 Å². The van der Waals surface area contributed by atoms with Gasteiger partial charge in [0.05, 0.1) is 9.89 Å². The van der Waals surface area contributed by atoms with Gasteiger partial charge in [0.25, 0.3) is 0 Å². The maximum absolute atomic E-state index is 10.5. The highest BCUT2D eigenvalue weighted by molar-refractivity contribution is 9.11. The molecule has 0 bridgehead atoms. The van der Waals surface area contributed by atoms with Gasteiger partial charge in [0.1, 0.15) is 0 Å². The third kappa shape index (κ3) is 2.40. The quantitative estimate of drug-likeness (QED) is 0.871. The van der Waals surface area contributed by atoms with Crippen molar-refractivity contribution in [1.29, 1.82) is 0 Å².